The predicted octanol–water partition coefficient (Wildman–Crippen LogP) is 3.04. The number of urea groups is 1. The van der Waals surface area contributed by atoms with E-state index in [2.05, 4.69) is 17.6 Å². The van der Waals surface area contributed by atoms with Crippen LogP contribution in [0, 0.1) is 17.8 Å². The summed E-state index contributed by atoms with van der Waals surface area (Å²) in [5, 5.41) is 24.4. The number of carbonyl (C=O) groups excluding carboxylic acids is 1. The summed E-state index contributed by atoms with van der Waals surface area (Å²) in [7, 11) is 0. The van der Waals surface area contributed by atoms with Crippen molar-refractivity contribution in [2.75, 3.05) is 5.32 Å². The van der Waals surface area contributed by atoms with Crippen LogP contribution in [0.3, 0.4) is 0 Å². The Hall–Kier alpha value is -1.91. The van der Waals surface area contributed by atoms with Gasteiger partial charge in [-0.25, -0.2) is 4.79 Å². The van der Waals surface area contributed by atoms with Crippen LogP contribution in [0.5, 0.6) is 11.5 Å². The molecule has 0 heterocycles. The Morgan fingerprint density at radius 2 is 1.90 bits per heavy atom. The first-order valence-electron chi connectivity index (χ1n) is 7.62. The Labute approximate surface area is 124 Å². The molecule has 0 aromatic heterocycles. The van der Waals surface area contributed by atoms with E-state index < -0.39 is 0 Å². The van der Waals surface area contributed by atoms with Gasteiger partial charge >= 0.3 is 6.03 Å². The van der Waals surface area contributed by atoms with Crippen molar-refractivity contribution in [3.8, 4) is 11.5 Å². The predicted molar refractivity (Wildman–Crippen MR) is 80.3 cm³/mol. The van der Waals surface area contributed by atoms with Crippen molar-refractivity contribution < 1.29 is 15.0 Å². The smallest absolute Gasteiger partial charge is 0.319 e. The molecule has 0 aliphatic heterocycles. The zero-order valence-corrected chi connectivity index (χ0v) is 12.2. The van der Waals surface area contributed by atoms with Gasteiger partial charge in [0.1, 0.15) is 11.5 Å². The largest absolute Gasteiger partial charge is 0.508 e. The van der Waals surface area contributed by atoms with Crippen LogP contribution < -0.4 is 10.6 Å². The Morgan fingerprint density at radius 1 is 1.19 bits per heavy atom. The van der Waals surface area contributed by atoms with E-state index in [1.807, 2.05) is 0 Å². The third-order valence-electron chi connectivity index (χ3n) is 4.95. The van der Waals surface area contributed by atoms with Crippen molar-refractivity contribution >= 4 is 11.7 Å². The molecule has 114 valence electrons. The second-order valence-corrected chi connectivity index (χ2v) is 6.46. The monoisotopic (exact) mass is 290 g/mol. The van der Waals surface area contributed by atoms with E-state index in [0.29, 0.717) is 11.6 Å². The fraction of sp³-hybridized carbons (Fsp3) is 0.562. The molecule has 4 atom stereocenters. The summed E-state index contributed by atoms with van der Waals surface area (Å²) in [6, 6.07) is 3.88. The van der Waals surface area contributed by atoms with Crippen molar-refractivity contribution in [3.05, 3.63) is 18.2 Å². The normalized spacial score (nSPS) is 28.3. The second kappa shape index (κ2) is 5.47. The van der Waals surface area contributed by atoms with Gasteiger partial charge in [0.25, 0.3) is 0 Å². The van der Waals surface area contributed by atoms with Crippen LogP contribution in [0.15, 0.2) is 18.2 Å². The van der Waals surface area contributed by atoms with E-state index in [1.54, 1.807) is 0 Å². The summed E-state index contributed by atoms with van der Waals surface area (Å²) in [5.74, 6) is 2.04. The van der Waals surface area contributed by atoms with Crippen LogP contribution in [-0.2, 0) is 0 Å². The maximum absolute atomic E-state index is 12.0. The number of phenols is 2. The molecule has 1 aromatic carbocycles. The molecule has 0 radical (unpaired) electrons. The Balaban J connectivity index is 1.56. The summed E-state index contributed by atoms with van der Waals surface area (Å²) in [6.45, 7) is 2.06. The van der Waals surface area contributed by atoms with Gasteiger partial charge in [-0.15, -0.1) is 0 Å². The molecule has 4 unspecified atom stereocenters. The van der Waals surface area contributed by atoms with Crippen LogP contribution in [0.25, 0.3) is 0 Å². The molecule has 21 heavy (non-hydrogen) atoms. The number of anilines is 1. The zero-order valence-electron chi connectivity index (χ0n) is 12.2. The van der Waals surface area contributed by atoms with Gasteiger partial charge in [0.05, 0.1) is 0 Å². The number of hydrogen-bond donors (Lipinski definition) is 4. The van der Waals surface area contributed by atoms with Gasteiger partial charge in [-0.1, -0.05) is 6.42 Å². The van der Waals surface area contributed by atoms with Crippen LogP contribution in [0.4, 0.5) is 10.5 Å². The molecule has 1 aromatic rings. The molecule has 2 amide bonds. The van der Waals surface area contributed by atoms with Gasteiger partial charge in [-0.05, 0) is 43.9 Å². The molecule has 2 aliphatic carbocycles. The minimum atomic E-state index is -0.296. The Kier molecular flexibility index (Phi) is 3.66. The molecule has 2 aliphatic rings. The number of carbonyl (C=O) groups is 1. The number of nitrogens with one attached hydrogen (secondary N) is 2. The van der Waals surface area contributed by atoms with Crippen molar-refractivity contribution in [3.63, 3.8) is 0 Å². The third kappa shape index (κ3) is 3.06. The van der Waals surface area contributed by atoms with E-state index in [-0.39, 0.29) is 23.6 Å². The van der Waals surface area contributed by atoms with Crippen LogP contribution in [0.2, 0.25) is 0 Å². The number of hydrogen-bond acceptors (Lipinski definition) is 3. The molecule has 2 fully saturated rings. The molecule has 0 saturated heterocycles. The minimum Gasteiger partial charge on any atom is -0.508 e. The van der Waals surface area contributed by atoms with Crippen molar-refractivity contribution in [1.82, 2.24) is 5.32 Å². The quantitative estimate of drug-likeness (QED) is 0.690. The van der Waals surface area contributed by atoms with Gasteiger partial charge in [-0.3, -0.25) is 0 Å². The van der Waals surface area contributed by atoms with Crippen molar-refractivity contribution in [1.29, 1.82) is 0 Å². The average molecular weight is 290 g/mol. The maximum Gasteiger partial charge on any atom is 0.319 e. The standard InChI is InChI=1S/C16H22N2O3/c1-9(15-5-10-2-3-11(15)4-10)17-16(21)18-12-6-13(19)8-14(20)7-12/h6-11,15,19-20H,2-5H2,1H3,(H2,17,18,21). The summed E-state index contributed by atoms with van der Waals surface area (Å²) in [6.07, 6.45) is 5.18. The van der Waals surface area contributed by atoms with Gasteiger partial charge in [0.2, 0.25) is 0 Å². The fourth-order valence-electron chi connectivity index (χ4n) is 4.05. The Morgan fingerprint density at radius 3 is 2.48 bits per heavy atom. The van der Waals surface area contributed by atoms with Gasteiger partial charge in [-0.2, -0.15) is 0 Å². The zero-order chi connectivity index (χ0) is 15.0. The van der Waals surface area contributed by atoms with Gasteiger partial charge in [0.15, 0.2) is 0 Å². The van der Waals surface area contributed by atoms with E-state index in [9.17, 15) is 15.0 Å². The number of benzene rings is 1. The summed E-state index contributed by atoms with van der Waals surface area (Å²) in [4.78, 5) is 12.0. The summed E-state index contributed by atoms with van der Waals surface area (Å²) < 4.78 is 0. The lowest BCUT2D eigenvalue weighted by Crippen LogP contribution is -2.42. The van der Waals surface area contributed by atoms with E-state index in [1.165, 1.54) is 43.9 Å². The van der Waals surface area contributed by atoms with Crippen LogP contribution >= 0.6 is 0 Å². The molecule has 0 spiro atoms. The lowest BCUT2D eigenvalue weighted by atomic mass is 9.84. The van der Waals surface area contributed by atoms with Crippen LogP contribution in [0.1, 0.15) is 32.6 Å². The SMILES string of the molecule is CC(NC(=O)Nc1cc(O)cc(O)c1)C1CC2CCC1C2. The highest BCUT2D eigenvalue weighted by Gasteiger charge is 2.42. The lowest BCUT2D eigenvalue weighted by molar-refractivity contribution is 0.230. The van der Waals surface area contributed by atoms with Gasteiger partial charge in [0, 0.05) is 29.9 Å². The highest BCUT2D eigenvalue weighted by Crippen LogP contribution is 2.49. The molecular weight excluding hydrogens is 268 g/mol. The third-order valence-corrected chi connectivity index (χ3v) is 4.95. The van der Waals surface area contributed by atoms with Crippen molar-refractivity contribution in [2.24, 2.45) is 17.8 Å². The molecule has 3 rings (SSSR count). The molecular formula is C16H22N2O3. The number of fused-ring (bicyclic) bond motifs is 2. The first-order valence-corrected chi connectivity index (χ1v) is 7.62. The first-order chi connectivity index (χ1) is 10.0. The fourth-order valence-corrected chi connectivity index (χ4v) is 4.05. The van der Waals surface area contributed by atoms with E-state index >= 15 is 0 Å². The summed E-state index contributed by atoms with van der Waals surface area (Å²) in [5.41, 5.74) is 0.380. The number of phenolic OH excluding ortho intramolecular Hbond substituents is 2. The molecule has 2 bridgehead atoms. The van der Waals surface area contributed by atoms with Crippen LogP contribution in [-0.4, -0.2) is 22.3 Å². The number of aromatic hydroxyl groups is 2. The topological polar surface area (TPSA) is 81.6 Å². The first kappa shape index (κ1) is 14.0. The lowest BCUT2D eigenvalue weighted by Gasteiger charge is -2.28. The number of amides is 2. The number of rotatable bonds is 3. The molecule has 5 heteroatoms. The van der Waals surface area contributed by atoms with Gasteiger partial charge < -0.3 is 20.8 Å². The maximum atomic E-state index is 12.0. The molecule has 2 saturated carbocycles. The average Bonchev–Trinajstić information content (AvgIpc) is 2.99. The van der Waals surface area contributed by atoms with Crippen molar-refractivity contribution in [2.45, 2.75) is 38.6 Å². The highest BCUT2D eigenvalue weighted by molar-refractivity contribution is 5.89. The van der Waals surface area contributed by atoms with E-state index in [4.69, 9.17) is 0 Å². The second-order valence-electron chi connectivity index (χ2n) is 6.46. The Bertz CT molecular complexity index is 526. The molecule has 5 nitrogen and oxygen atoms in total. The minimum absolute atomic E-state index is 0.0774. The highest BCUT2D eigenvalue weighted by atomic mass is 16.3. The molecule has 4 N–H and O–H groups in total. The summed E-state index contributed by atoms with van der Waals surface area (Å²) >= 11 is 0. The van der Waals surface area contributed by atoms with E-state index in [0.717, 1.165) is 11.8 Å².